The molecule has 152 valence electrons. The van der Waals surface area contributed by atoms with Gasteiger partial charge in [-0.05, 0) is 30.2 Å². The molecule has 1 unspecified atom stereocenters. The van der Waals surface area contributed by atoms with Crippen molar-refractivity contribution in [3.8, 4) is 11.5 Å². The third-order valence-electron chi connectivity index (χ3n) is 4.25. The zero-order valence-corrected chi connectivity index (χ0v) is 17.3. The highest BCUT2D eigenvalue weighted by atomic mass is 32.2. The summed E-state index contributed by atoms with van der Waals surface area (Å²) in [6.45, 7) is 2.59. The highest BCUT2D eigenvalue weighted by molar-refractivity contribution is 7.88. The fourth-order valence-corrected chi connectivity index (χ4v) is 3.34. The van der Waals surface area contributed by atoms with Crippen LogP contribution in [0.3, 0.4) is 0 Å². The number of hydrogen-bond acceptors (Lipinski definition) is 5. The van der Waals surface area contributed by atoms with E-state index in [4.69, 9.17) is 9.47 Å². The van der Waals surface area contributed by atoms with Crippen molar-refractivity contribution >= 4 is 15.9 Å². The number of nitrogens with zero attached hydrogens (tertiary/aromatic N) is 1. The van der Waals surface area contributed by atoms with E-state index >= 15 is 0 Å². The van der Waals surface area contributed by atoms with E-state index in [1.54, 1.807) is 43.5 Å². The Morgan fingerprint density at radius 2 is 1.82 bits per heavy atom. The van der Waals surface area contributed by atoms with Crippen molar-refractivity contribution in [2.45, 2.75) is 19.5 Å². The summed E-state index contributed by atoms with van der Waals surface area (Å²) in [5.41, 5.74) is 1.41. The quantitative estimate of drug-likeness (QED) is 0.691. The summed E-state index contributed by atoms with van der Waals surface area (Å²) >= 11 is 0. The number of rotatable bonds is 9. The maximum atomic E-state index is 12.9. The monoisotopic (exact) mass is 406 g/mol. The smallest absolute Gasteiger partial charge is 0.243 e. The molecule has 0 fully saturated rings. The molecule has 0 aliphatic rings. The molecule has 8 heteroatoms. The van der Waals surface area contributed by atoms with Crippen LogP contribution in [0, 0.1) is 0 Å². The van der Waals surface area contributed by atoms with E-state index in [1.807, 2.05) is 19.1 Å². The second kappa shape index (κ2) is 9.57. The van der Waals surface area contributed by atoms with Crippen LogP contribution in [0.15, 0.2) is 48.5 Å². The Morgan fingerprint density at radius 3 is 2.39 bits per heavy atom. The van der Waals surface area contributed by atoms with E-state index in [1.165, 1.54) is 7.05 Å². The molecule has 0 aliphatic carbocycles. The molecule has 1 amide bonds. The summed E-state index contributed by atoms with van der Waals surface area (Å²) in [6, 6.07) is 13.2. The van der Waals surface area contributed by atoms with Gasteiger partial charge in [0.05, 0.1) is 20.0 Å². The first-order valence-electron chi connectivity index (χ1n) is 8.83. The van der Waals surface area contributed by atoms with Gasteiger partial charge in [0.25, 0.3) is 0 Å². The molecule has 2 aromatic rings. The van der Waals surface area contributed by atoms with Crippen molar-refractivity contribution in [3.63, 3.8) is 0 Å². The van der Waals surface area contributed by atoms with Crippen LogP contribution < -0.4 is 14.8 Å². The number of amides is 1. The first-order chi connectivity index (χ1) is 13.3. The number of sulfonamides is 1. The topological polar surface area (TPSA) is 84.9 Å². The van der Waals surface area contributed by atoms with Crippen LogP contribution in [-0.2, 0) is 21.4 Å². The summed E-state index contributed by atoms with van der Waals surface area (Å²) in [5.74, 6) is 0.786. The van der Waals surface area contributed by atoms with Gasteiger partial charge in [-0.15, -0.1) is 0 Å². The van der Waals surface area contributed by atoms with Crippen molar-refractivity contribution in [1.82, 2.24) is 9.62 Å². The fourth-order valence-electron chi connectivity index (χ4n) is 2.74. The molecule has 1 N–H and O–H groups in total. The normalized spacial score (nSPS) is 12.5. The number of benzene rings is 2. The minimum atomic E-state index is -3.57. The maximum absolute atomic E-state index is 12.9. The Balaban J connectivity index is 2.21. The minimum absolute atomic E-state index is 0.226. The summed E-state index contributed by atoms with van der Waals surface area (Å²) in [6.07, 6.45) is 1.08. The molecule has 2 aromatic carbocycles. The first-order valence-corrected chi connectivity index (χ1v) is 10.7. The lowest BCUT2D eigenvalue weighted by atomic mass is 10.1. The van der Waals surface area contributed by atoms with Crippen molar-refractivity contribution in [3.05, 3.63) is 59.7 Å². The molecule has 0 spiro atoms. The number of likely N-dealkylation sites (N-methyl/N-ethyl adjacent to an activating group) is 1. The molecule has 0 saturated heterocycles. The van der Waals surface area contributed by atoms with Crippen molar-refractivity contribution in [1.29, 1.82) is 0 Å². The molecule has 0 bridgehead atoms. The van der Waals surface area contributed by atoms with E-state index in [9.17, 15) is 13.2 Å². The predicted molar refractivity (Wildman–Crippen MR) is 108 cm³/mol. The number of carbonyl (C=O) groups excluding carboxylic acids is 1. The highest BCUT2D eigenvalue weighted by Crippen LogP contribution is 2.28. The van der Waals surface area contributed by atoms with E-state index in [2.05, 4.69) is 5.32 Å². The molecule has 0 heterocycles. The van der Waals surface area contributed by atoms with Gasteiger partial charge in [0.2, 0.25) is 15.9 Å². The van der Waals surface area contributed by atoms with Gasteiger partial charge < -0.3 is 14.8 Å². The van der Waals surface area contributed by atoms with Gasteiger partial charge in [-0.3, -0.25) is 4.79 Å². The molecule has 0 radical (unpaired) electrons. The van der Waals surface area contributed by atoms with Crippen LogP contribution >= 0.6 is 0 Å². The van der Waals surface area contributed by atoms with Gasteiger partial charge in [-0.25, -0.2) is 8.42 Å². The Labute approximate surface area is 166 Å². The number of methoxy groups -OCH3 is 1. The molecule has 1 atom stereocenters. The van der Waals surface area contributed by atoms with Gasteiger partial charge in [0.15, 0.2) is 11.5 Å². The summed E-state index contributed by atoms with van der Waals surface area (Å²) in [4.78, 5) is 12.9. The van der Waals surface area contributed by atoms with Gasteiger partial charge in [0.1, 0.15) is 6.04 Å². The molecule has 7 nitrogen and oxygen atoms in total. The van der Waals surface area contributed by atoms with Gasteiger partial charge in [-0.2, -0.15) is 4.31 Å². The number of hydrogen-bond donors (Lipinski definition) is 1. The van der Waals surface area contributed by atoms with E-state index in [0.717, 1.165) is 16.1 Å². The molecule has 2 rings (SSSR count). The zero-order valence-electron chi connectivity index (χ0n) is 16.5. The summed E-state index contributed by atoms with van der Waals surface area (Å²) in [5, 5.41) is 2.82. The second-order valence-corrected chi connectivity index (χ2v) is 8.27. The third kappa shape index (κ3) is 5.46. The average molecular weight is 407 g/mol. The maximum Gasteiger partial charge on any atom is 0.243 e. The Morgan fingerprint density at radius 1 is 1.14 bits per heavy atom. The molecular weight excluding hydrogens is 380 g/mol. The summed E-state index contributed by atoms with van der Waals surface area (Å²) in [7, 11) is -0.609. The second-order valence-electron chi connectivity index (χ2n) is 6.23. The van der Waals surface area contributed by atoms with Crippen molar-refractivity contribution in [2.75, 3.05) is 27.0 Å². The fraction of sp³-hybridized carbons (Fsp3) is 0.350. The van der Waals surface area contributed by atoms with Crippen LogP contribution in [-0.4, -0.2) is 45.7 Å². The number of ether oxygens (including phenoxy) is 2. The molecule has 0 saturated carbocycles. The lowest BCUT2D eigenvalue weighted by Gasteiger charge is -2.25. The molecule has 0 aliphatic heterocycles. The van der Waals surface area contributed by atoms with Crippen LogP contribution in [0.2, 0.25) is 0 Å². The lowest BCUT2D eigenvalue weighted by molar-refractivity contribution is -0.125. The standard InChI is InChI=1S/C20H26N2O5S/c1-5-27-18-13-15(11-12-17(18)26-3)14-21-20(23)19(22(2)28(4,24)25)16-9-7-6-8-10-16/h6-13,19H,5,14H2,1-4H3,(H,21,23). The SMILES string of the molecule is CCOc1cc(CNC(=O)C(c2ccccc2)N(C)S(C)(=O)=O)ccc1OC. The van der Waals surface area contributed by atoms with E-state index < -0.39 is 22.0 Å². The minimum Gasteiger partial charge on any atom is -0.493 e. The summed E-state index contributed by atoms with van der Waals surface area (Å²) < 4.78 is 35.9. The van der Waals surface area contributed by atoms with Crippen LogP contribution in [0.4, 0.5) is 0 Å². The van der Waals surface area contributed by atoms with Gasteiger partial charge in [-0.1, -0.05) is 36.4 Å². The Kier molecular flexibility index (Phi) is 7.42. The first kappa shape index (κ1) is 21.7. The van der Waals surface area contributed by atoms with E-state index in [-0.39, 0.29) is 6.54 Å². The largest absolute Gasteiger partial charge is 0.493 e. The zero-order chi connectivity index (χ0) is 20.7. The Bertz CT molecular complexity index is 900. The van der Waals surface area contributed by atoms with Crippen LogP contribution in [0.5, 0.6) is 11.5 Å². The van der Waals surface area contributed by atoms with Gasteiger partial charge >= 0.3 is 0 Å². The molecule has 0 aromatic heterocycles. The average Bonchev–Trinajstić information content (AvgIpc) is 2.67. The lowest BCUT2D eigenvalue weighted by Crippen LogP contribution is -2.41. The Hall–Kier alpha value is -2.58. The predicted octanol–water partition coefficient (Wildman–Crippen LogP) is 2.34. The number of nitrogens with one attached hydrogen (secondary N) is 1. The molecular formula is C20H26N2O5S. The van der Waals surface area contributed by atoms with Crippen molar-refractivity contribution < 1.29 is 22.7 Å². The van der Waals surface area contributed by atoms with Crippen molar-refractivity contribution in [2.24, 2.45) is 0 Å². The van der Waals surface area contributed by atoms with Crippen LogP contribution in [0.1, 0.15) is 24.1 Å². The molecule has 28 heavy (non-hydrogen) atoms. The third-order valence-corrected chi connectivity index (χ3v) is 5.50. The van der Waals surface area contributed by atoms with E-state index in [0.29, 0.717) is 23.7 Å². The highest BCUT2D eigenvalue weighted by Gasteiger charge is 2.30. The number of carbonyl (C=O) groups is 1. The van der Waals surface area contributed by atoms with Crippen LogP contribution in [0.25, 0.3) is 0 Å². The van der Waals surface area contributed by atoms with Gasteiger partial charge in [0, 0.05) is 13.6 Å².